The van der Waals surface area contributed by atoms with Crippen LogP contribution >= 0.6 is 11.6 Å². The number of aromatic carboxylic acids is 1. The smallest absolute Gasteiger partial charge is 0.410 e. The molecular weight excluding hydrogens is 286 g/mol. The number of carbonyl (C=O) groups excluding carboxylic acids is 1. The van der Waals surface area contributed by atoms with Crippen molar-refractivity contribution in [2.45, 2.75) is 39.5 Å². The van der Waals surface area contributed by atoms with E-state index in [2.05, 4.69) is 4.98 Å². The van der Waals surface area contributed by atoms with Crippen LogP contribution in [0.25, 0.3) is 0 Å². The summed E-state index contributed by atoms with van der Waals surface area (Å²) in [6, 6.07) is 0. The molecular formula is C12H16ClN3O4. The standard InChI is InChI=1S/C12H16ClN3O4/c1-12(2,3)20-11(19)15-4-5-16-7(6-15)8(9(17)18)14-10(16)13/h4-6H2,1-3H3,(H,17,18). The number of nitrogens with zero attached hydrogens (tertiary/aromatic N) is 3. The summed E-state index contributed by atoms with van der Waals surface area (Å²) in [7, 11) is 0. The molecule has 0 bridgehead atoms. The van der Waals surface area contributed by atoms with Crippen LogP contribution in [0.3, 0.4) is 0 Å². The Morgan fingerprint density at radius 1 is 1.35 bits per heavy atom. The van der Waals surface area contributed by atoms with Gasteiger partial charge in [0.05, 0.1) is 12.2 Å². The summed E-state index contributed by atoms with van der Waals surface area (Å²) in [5, 5.41) is 9.22. The fourth-order valence-electron chi connectivity index (χ4n) is 1.98. The molecule has 1 amide bonds. The molecule has 0 spiro atoms. The second-order valence-electron chi connectivity index (χ2n) is 5.53. The van der Waals surface area contributed by atoms with E-state index in [1.54, 1.807) is 25.3 Å². The maximum Gasteiger partial charge on any atom is 0.410 e. The molecule has 0 aliphatic carbocycles. The summed E-state index contributed by atoms with van der Waals surface area (Å²) in [6.45, 7) is 6.25. The van der Waals surface area contributed by atoms with Gasteiger partial charge in [-0.05, 0) is 32.4 Å². The molecule has 0 saturated heterocycles. The fourth-order valence-corrected chi connectivity index (χ4v) is 2.25. The molecule has 0 aromatic carbocycles. The first kappa shape index (κ1) is 14.6. The average molecular weight is 302 g/mol. The van der Waals surface area contributed by atoms with E-state index in [4.69, 9.17) is 21.4 Å². The molecule has 0 saturated carbocycles. The zero-order chi connectivity index (χ0) is 15.1. The second-order valence-corrected chi connectivity index (χ2v) is 5.87. The molecule has 20 heavy (non-hydrogen) atoms. The van der Waals surface area contributed by atoms with E-state index in [1.807, 2.05) is 0 Å². The molecule has 8 heteroatoms. The van der Waals surface area contributed by atoms with Crippen molar-refractivity contribution in [3.63, 3.8) is 0 Å². The number of imidazole rings is 1. The van der Waals surface area contributed by atoms with Crippen LogP contribution in [0.5, 0.6) is 0 Å². The lowest BCUT2D eigenvalue weighted by atomic mass is 10.2. The van der Waals surface area contributed by atoms with Crippen LogP contribution in [0.2, 0.25) is 5.28 Å². The highest BCUT2D eigenvalue weighted by Gasteiger charge is 2.30. The number of fused-ring (bicyclic) bond motifs is 1. The predicted octanol–water partition coefficient (Wildman–Crippen LogP) is 1.99. The highest BCUT2D eigenvalue weighted by Crippen LogP contribution is 2.23. The zero-order valence-electron chi connectivity index (χ0n) is 11.5. The van der Waals surface area contributed by atoms with Crippen molar-refractivity contribution in [1.29, 1.82) is 0 Å². The summed E-state index contributed by atoms with van der Waals surface area (Å²) in [5.41, 5.74) is -0.301. The first-order valence-corrected chi connectivity index (χ1v) is 6.53. The number of hydrogen-bond donors (Lipinski definition) is 1. The number of carbonyl (C=O) groups is 2. The Morgan fingerprint density at radius 3 is 2.55 bits per heavy atom. The van der Waals surface area contributed by atoms with Crippen molar-refractivity contribution >= 4 is 23.7 Å². The van der Waals surface area contributed by atoms with Gasteiger partial charge in [-0.3, -0.25) is 0 Å². The lowest BCUT2D eigenvalue weighted by molar-refractivity contribution is 0.0196. The Bertz CT molecular complexity index is 562. The van der Waals surface area contributed by atoms with Crippen LogP contribution in [0, 0.1) is 0 Å². The Hall–Kier alpha value is -1.76. The molecule has 2 heterocycles. The number of carboxylic acid groups (broad SMARTS) is 1. The molecule has 7 nitrogen and oxygen atoms in total. The summed E-state index contributed by atoms with van der Waals surface area (Å²) >= 11 is 5.89. The molecule has 110 valence electrons. The van der Waals surface area contributed by atoms with Crippen molar-refractivity contribution in [2.24, 2.45) is 0 Å². The van der Waals surface area contributed by atoms with Crippen LogP contribution in [0.1, 0.15) is 37.0 Å². The van der Waals surface area contributed by atoms with Crippen LogP contribution in [-0.2, 0) is 17.8 Å². The number of aromatic nitrogens is 2. The molecule has 0 radical (unpaired) electrons. The van der Waals surface area contributed by atoms with E-state index >= 15 is 0 Å². The number of ether oxygens (including phenoxy) is 1. The van der Waals surface area contributed by atoms with Gasteiger partial charge in [-0.1, -0.05) is 0 Å². The van der Waals surface area contributed by atoms with E-state index in [0.717, 1.165) is 0 Å². The lowest BCUT2D eigenvalue weighted by Gasteiger charge is -2.31. The number of carboxylic acids is 1. The Balaban J connectivity index is 2.22. The van der Waals surface area contributed by atoms with Crippen LogP contribution in [0.4, 0.5) is 4.79 Å². The third-order valence-corrected chi connectivity index (χ3v) is 3.10. The molecule has 1 N–H and O–H groups in total. The first-order chi connectivity index (χ1) is 9.19. The van der Waals surface area contributed by atoms with E-state index < -0.39 is 17.7 Å². The van der Waals surface area contributed by atoms with Gasteiger partial charge in [0.2, 0.25) is 5.28 Å². The lowest BCUT2D eigenvalue weighted by Crippen LogP contribution is -2.41. The second kappa shape index (κ2) is 4.97. The third kappa shape index (κ3) is 2.87. The van der Waals surface area contributed by atoms with Gasteiger partial charge in [-0.25, -0.2) is 14.6 Å². The number of amides is 1. The average Bonchev–Trinajstić information content (AvgIpc) is 2.64. The molecule has 0 atom stereocenters. The number of rotatable bonds is 1. The highest BCUT2D eigenvalue weighted by molar-refractivity contribution is 6.28. The van der Waals surface area contributed by atoms with Crippen molar-refractivity contribution < 1.29 is 19.4 Å². The maximum absolute atomic E-state index is 12.0. The van der Waals surface area contributed by atoms with Crippen molar-refractivity contribution in [3.8, 4) is 0 Å². The third-order valence-electron chi connectivity index (χ3n) is 2.81. The van der Waals surface area contributed by atoms with Crippen LogP contribution < -0.4 is 0 Å². The van der Waals surface area contributed by atoms with Crippen LogP contribution in [0.15, 0.2) is 0 Å². The first-order valence-electron chi connectivity index (χ1n) is 6.15. The van der Waals surface area contributed by atoms with Gasteiger partial charge in [0.25, 0.3) is 0 Å². The van der Waals surface area contributed by atoms with Crippen molar-refractivity contribution in [3.05, 3.63) is 16.7 Å². The highest BCUT2D eigenvalue weighted by atomic mass is 35.5. The van der Waals surface area contributed by atoms with Gasteiger partial charge in [-0.15, -0.1) is 0 Å². The minimum absolute atomic E-state index is 0.121. The SMILES string of the molecule is CC(C)(C)OC(=O)N1CCn2c(Cl)nc(C(=O)O)c2C1. The quantitative estimate of drug-likeness (QED) is 0.857. The Morgan fingerprint density at radius 2 is 2.00 bits per heavy atom. The van der Waals surface area contributed by atoms with Gasteiger partial charge in [0.15, 0.2) is 5.69 Å². The minimum Gasteiger partial charge on any atom is -0.476 e. The maximum atomic E-state index is 12.0. The fraction of sp³-hybridized carbons (Fsp3) is 0.583. The Labute approximate surface area is 121 Å². The summed E-state index contributed by atoms with van der Waals surface area (Å²) in [6.07, 6.45) is -0.475. The van der Waals surface area contributed by atoms with E-state index in [-0.39, 0.29) is 17.5 Å². The van der Waals surface area contributed by atoms with Gasteiger partial charge in [-0.2, -0.15) is 0 Å². The molecule has 0 fully saturated rings. The van der Waals surface area contributed by atoms with Gasteiger partial charge in [0, 0.05) is 13.1 Å². The Kier molecular flexibility index (Phi) is 3.64. The van der Waals surface area contributed by atoms with E-state index in [1.165, 1.54) is 4.90 Å². The zero-order valence-corrected chi connectivity index (χ0v) is 12.3. The largest absolute Gasteiger partial charge is 0.476 e. The van der Waals surface area contributed by atoms with Crippen molar-refractivity contribution in [1.82, 2.24) is 14.5 Å². The predicted molar refractivity (Wildman–Crippen MR) is 70.8 cm³/mol. The molecule has 1 aromatic rings. The molecule has 1 aliphatic heterocycles. The van der Waals surface area contributed by atoms with Gasteiger partial charge >= 0.3 is 12.1 Å². The molecule has 1 aromatic heterocycles. The topological polar surface area (TPSA) is 84.7 Å². The normalized spacial score (nSPS) is 14.9. The molecule has 1 aliphatic rings. The summed E-state index contributed by atoms with van der Waals surface area (Å²) < 4.78 is 6.88. The minimum atomic E-state index is -1.16. The summed E-state index contributed by atoms with van der Waals surface area (Å²) in [5.74, 6) is -1.16. The number of hydrogen-bond acceptors (Lipinski definition) is 4. The molecule has 2 rings (SSSR count). The summed E-state index contributed by atoms with van der Waals surface area (Å²) in [4.78, 5) is 28.4. The van der Waals surface area contributed by atoms with E-state index in [0.29, 0.717) is 18.8 Å². The van der Waals surface area contributed by atoms with E-state index in [9.17, 15) is 9.59 Å². The van der Waals surface area contributed by atoms with Crippen molar-refractivity contribution in [2.75, 3.05) is 6.54 Å². The van der Waals surface area contributed by atoms with Gasteiger partial charge < -0.3 is 19.3 Å². The number of halogens is 1. The van der Waals surface area contributed by atoms with Crippen LogP contribution in [-0.4, -0.2) is 43.8 Å². The van der Waals surface area contributed by atoms with Gasteiger partial charge in [0.1, 0.15) is 5.60 Å². The molecule has 0 unspecified atom stereocenters. The monoisotopic (exact) mass is 301 g/mol.